The molecule has 5 heterocycles. The largest absolute Gasteiger partial charge is 0.496 e. The molecule has 0 atom stereocenters. The summed E-state index contributed by atoms with van der Waals surface area (Å²) in [4.78, 5) is 58.3. The van der Waals surface area contributed by atoms with Gasteiger partial charge in [-0.2, -0.15) is 5.10 Å². The highest BCUT2D eigenvalue weighted by molar-refractivity contribution is 6.05. The summed E-state index contributed by atoms with van der Waals surface area (Å²) in [6.07, 6.45) is 4.30. The smallest absolute Gasteiger partial charge is 0.328 e. The van der Waals surface area contributed by atoms with Crippen LogP contribution in [0.1, 0.15) is 51.1 Å². The lowest BCUT2D eigenvalue weighted by molar-refractivity contribution is -0.120. The molecule has 3 N–H and O–H groups in total. The maximum Gasteiger partial charge on any atom is 0.328 e. The summed E-state index contributed by atoms with van der Waals surface area (Å²) in [5.74, 6) is 1.46. The second kappa shape index (κ2) is 17.5. The number of carbonyl (C=O) groups excluding carboxylic acids is 4. The van der Waals surface area contributed by atoms with E-state index in [4.69, 9.17) is 9.84 Å². The van der Waals surface area contributed by atoms with Gasteiger partial charge in [-0.1, -0.05) is 36.4 Å². The summed E-state index contributed by atoms with van der Waals surface area (Å²) in [7, 11) is 1.55. The van der Waals surface area contributed by atoms with E-state index in [2.05, 4.69) is 61.0 Å². The molecule has 3 fully saturated rings. The van der Waals surface area contributed by atoms with Gasteiger partial charge in [0.1, 0.15) is 17.3 Å². The van der Waals surface area contributed by atoms with Gasteiger partial charge in [0.05, 0.1) is 18.2 Å². The molecule has 0 saturated carbocycles. The van der Waals surface area contributed by atoms with Crippen LogP contribution >= 0.6 is 0 Å². The van der Waals surface area contributed by atoms with Gasteiger partial charge in [0.25, 0.3) is 5.91 Å². The standard InChI is InChI=1S/C47H51N9O5/c1-61-42-5-3-2-4-39(42)46(59)48-29-32-6-8-34(9-7-32)44-40(31-57)45-49-41-15-14-38(28-35(41)18-23-56(45)51-44)54-26-24-52(25-27-54)30-33-16-20-53(21-17-33)36-10-12-37(13-11-36)55-22-19-43(58)50-47(55)60/h2-15,28,31,33,49H,16-27,29-30H2,1H3,(H,48,59)(H,50,58,60). The van der Waals surface area contributed by atoms with E-state index in [0.717, 1.165) is 93.9 Å². The quantitative estimate of drug-likeness (QED) is 0.134. The molecule has 0 radical (unpaired) electrons. The van der Waals surface area contributed by atoms with E-state index in [1.165, 1.54) is 16.9 Å². The van der Waals surface area contributed by atoms with E-state index in [-0.39, 0.29) is 17.8 Å². The van der Waals surface area contributed by atoms with Gasteiger partial charge in [0.2, 0.25) is 5.91 Å². The first-order valence-corrected chi connectivity index (χ1v) is 21.2. The van der Waals surface area contributed by atoms with Gasteiger partial charge >= 0.3 is 6.03 Å². The monoisotopic (exact) mass is 821 g/mol. The second-order valence-corrected chi connectivity index (χ2v) is 16.2. The summed E-state index contributed by atoms with van der Waals surface area (Å²) in [6, 6.07) is 29.3. The zero-order valence-corrected chi connectivity index (χ0v) is 34.4. The Labute approximate surface area is 355 Å². The number of nitrogens with one attached hydrogen (secondary N) is 3. The minimum absolute atomic E-state index is 0.210. The highest BCUT2D eigenvalue weighted by atomic mass is 16.5. The average Bonchev–Trinajstić information content (AvgIpc) is 3.54. The lowest BCUT2D eigenvalue weighted by Crippen LogP contribution is -2.49. The Morgan fingerprint density at radius 1 is 0.803 bits per heavy atom. The third kappa shape index (κ3) is 8.53. The van der Waals surface area contributed by atoms with Crippen LogP contribution in [0, 0.1) is 5.92 Å². The number of imide groups is 1. The van der Waals surface area contributed by atoms with Crippen molar-refractivity contribution in [1.29, 1.82) is 0 Å². The molecule has 14 nitrogen and oxygen atoms in total. The number of methoxy groups -OCH3 is 1. The fourth-order valence-electron chi connectivity index (χ4n) is 9.03. The SMILES string of the molecule is COc1ccccc1C(=O)NCc1ccc(-c2nn3c(c2C=O)Nc2ccc(N4CCN(CC5CCN(c6ccc(N7CCC(=O)NC7=O)cc6)CC5)CC4)cc2CC3)cc1. The van der Waals surface area contributed by atoms with Gasteiger partial charge in [-0.3, -0.25) is 29.5 Å². The number of hydrogen-bond acceptors (Lipinski definition) is 10. The number of urea groups is 1. The minimum Gasteiger partial charge on any atom is -0.496 e. The molecule has 14 heteroatoms. The van der Waals surface area contributed by atoms with Gasteiger partial charge in [-0.25, -0.2) is 9.48 Å². The van der Waals surface area contributed by atoms with Crippen LogP contribution in [-0.4, -0.2) is 98.3 Å². The topological polar surface area (TPSA) is 144 Å². The lowest BCUT2D eigenvalue weighted by Gasteiger charge is -2.40. The Kier molecular flexibility index (Phi) is 11.4. The van der Waals surface area contributed by atoms with E-state index in [0.29, 0.717) is 60.4 Å². The number of piperidine rings is 1. The number of benzene rings is 4. The summed E-state index contributed by atoms with van der Waals surface area (Å²) >= 11 is 0. The number of piperazine rings is 1. The summed E-state index contributed by atoms with van der Waals surface area (Å²) in [5, 5.41) is 13.8. The molecule has 4 amide bonds. The minimum atomic E-state index is -0.353. The molecular formula is C47H51N9O5. The van der Waals surface area contributed by atoms with Gasteiger partial charge in [-0.15, -0.1) is 0 Å². The number of nitrogens with zero attached hydrogens (tertiary/aromatic N) is 6. The van der Waals surface area contributed by atoms with Gasteiger partial charge < -0.3 is 25.2 Å². The highest BCUT2D eigenvalue weighted by Gasteiger charge is 2.28. The van der Waals surface area contributed by atoms with Crippen LogP contribution in [0.3, 0.4) is 0 Å². The van der Waals surface area contributed by atoms with Crippen molar-refractivity contribution in [1.82, 2.24) is 25.3 Å². The second-order valence-electron chi connectivity index (χ2n) is 16.2. The van der Waals surface area contributed by atoms with Crippen LogP contribution in [0.2, 0.25) is 0 Å². The van der Waals surface area contributed by atoms with Crippen molar-refractivity contribution in [3.63, 3.8) is 0 Å². The highest BCUT2D eigenvalue weighted by Crippen LogP contribution is 2.36. The molecule has 4 aromatic carbocycles. The number of hydrogen-bond donors (Lipinski definition) is 3. The first-order chi connectivity index (χ1) is 29.8. The molecule has 9 rings (SSSR count). The summed E-state index contributed by atoms with van der Waals surface area (Å²) < 4.78 is 7.23. The molecule has 61 heavy (non-hydrogen) atoms. The number of para-hydroxylation sites is 1. The van der Waals surface area contributed by atoms with Crippen LogP contribution < -0.4 is 35.4 Å². The zero-order valence-electron chi connectivity index (χ0n) is 34.4. The third-order valence-electron chi connectivity index (χ3n) is 12.5. The number of aryl methyl sites for hydroxylation is 2. The van der Waals surface area contributed by atoms with E-state index >= 15 is 0 Å². The van der Waals surface area contributed by atoms with Crippen molar-refractivity contribution in [2.45, 2.75) is 38.8 Å². The van der Waals surface area contributed by atoms with E-state index in [9.17, 15) is 19.2 Å². The molecule has 314 valence electrons. The Bertz CT molecular complexity index is 2420. The van der Waals surface area contributed by atoms with Crippen LogP contribution in [0.4, 0.5) is 33.4 Å². The Hall–Kier alpha value is -6.67. The average molecular weight is 822 g/mol. The summed E-state index contributed by atoms with van der Waals surface area (Å²) in [5.41, 5.74) is 8.80. The number of fused-ring (bicyclic) bond motifs is 2. The molecule has 0 aliphatic carbocycles. The fraction of sp³-hybridized carbons (Fsp3) is 0.340. The van der Waals surface area contributed by atoms with Crippen molar-refractivity contribution < 1.29 is 23.9 Å². The Morgan fingerprint density at radius 3 is 2.26 bits per heavy atom. The van der Waals surface area contributed by atoms with Crippen molar-refractivity contribution >= 4 is 52.7 Å². The molecule has 0 spiro atoms. The molecule has 0 bridgehead atoms. The maximum absolute atomic E-state index is 12.8. The number of amides is 4. The van der Waals surface area contributed by atoms with Crippen LogP contribution in [-0.2, 0) is 24.3 Å². The normalized spacial score (nSPS) is 17.2. The van der Waals surface area contributed by atoms with Gasteiger partial charge in [-0.05, 0) is 90.9 Å². The molecular weight excluding hydrogens is 771 g/mol. The van der Waals surface area contributed by atoms with Crippen LogP contribution in [0.5, 0.6) is 5.75 Å². The number of aromatic nitrogens is 2. The lowest BCUT2D eigenvalue weighted by atomic mass is 9.95. The Morgan fingerprint density at radius 2 is 1.52 bits per heavy atom. The van der Waals surface area contributed by atoms with Gasteiger partial charge in [0, 0.05) is 100 Å². The van der Waals surface area contributed by atoms with E-state index in [1.807, 2.05) is 47.1 Å². The van der Waals surface area contributed by atoms with Crippen molar-refractivity contribution in [3.8, 4) is 17.0 Å². The maximum atomic E-state index is 12.8. The van der Waals surface area contributed by atoms with Crippen molar-refractivity contribution in [2.75, 3.05) is 79.5 Å². The Balaban J connectivity index is 0.759. The third-order valence-corrected chi connectivity index (χ3v) is 12.5. The molecule has 4 aliphatic rings. The molecule has 0 unspecified atom stereocenters. The number of aldehydes is 1. The first-order valence-electron chi connectivity index (χ1n) is 21.2. The van der Waals surface area contributed by atoms with Crippen molar-refractivity contribution in [2.24, 2.45) is 5.92 Å². The van der Waals surface area contributed by atoms with Gasteiger partial charge in [0.15, 0.2) is 6.29 Å². The predicted molar refractivity (Wildman–Crippen MR) is 236 cm³/mol. The van der Waals surface area contributed by atoms with Crippen LogP contribution in [0.25, 0.3) is 11.3 Å². The number of carbonyl (C=O) groups is 4. The van der Waals surface area contributed by atoms with E-state index in [1.54, 1.807) is 30.2 Å². The molecule has 5 aromatic rings. The van der Waals surface area contributed by atoms with Crippen LogP contribution in [0.15, 0.2) is 91.0 Å². The molecule has 4 aliphatic heterocycles. The number of rotatable bonds is 11. The number of ether oxygens (including phenoxy) is 1. The molecule has 1 aromatic heterocycles. The van der Waals surface area contributed by atoms with E-state index < -0.39 is 0 Å². The van der Waals surface area contributed by atoms with Crippen molar-refractivity contribution in [3.05, 3.63) is 113 Å². The fourth-order valence-corrected chi connectivity index (χ4v) is 9.03. The predicted octanol–water partition coefficient (Wildman–Crippen LogP) is 6.09. The zero-order chi connectivity index (χ0) is 41.9. The first kappa shape index (κ1) is 39.8. The number of anilines is 5. The summed E-state index contributed by atoms with van der Waals surface area (Å²) in [6.45, 7) is 8.58. The molecule has 3 saturated heterocycles.